The van der Waals surface area contributed by atoms with Crippen LogP contribution in [0.15, 0.2) is 29.1 Å². The topological polar surface area (TPSA) is 73.2 Å². The van der Waals surface area contributed by atoms with Gasteiger partial charge >= 0.3 is 0 Å². The summed E-state index contributed by atoms with van der Waals surface area (Å²) in [4.78, 5) is 24.6. The van der Waals surface area contributed by atoms with E-state index < -0.39 is 0 Å². The van der Waals surface area contributed by atoms with Crippen molar-refractivity contribution in [3.05, 3.63) is 40.3 Å². The molecule has 0 fully saturated rings. The first-order chi connectivity index (χ1) is 10.2. The van der Waals surface area contributed by atoms with Crippen molar-refractivity contribution >= 4 is 16.7 Å². The van der Waals surface area contributed by atoms with E-state index >= 15 is 0 Å². The standard InChI is InChI=1S/C15H19N3O3/c1-3-9-18-15(20)12-7-5-4-6-11(12)13(17-18)14(19)16-8-10-21-2/h4-7H,3,8-10H2,1-2H3,(H,16,19). The van der Waals surface area contributed by atoms with Crippen LogP contribution < -0.4 is 10.9 Å². The highest BCUT2D eigenvalue weighted by molar-refractivity contribution is 6.04. The molecule has 1 amide bonds. The molecule has 0 radical (unpaired) electrons. The average molecular weight is 289 g/mol. The van der Waals surface area contributed by atoms with Crippen LogP contribution >= 0.6 is 0 Å². The molecule has 0 spiro atoms. The number of carbonyl (C=O) groups excluding carboxylic acids is 1. The fraction of sp³-hybridized carbons (Fsp3) is 0.400. The molecule has 0 atom stereocenters. The van der Waals surface area contributed by atoms with Crippen molar-refractivity contribution in [1.82, 2.24) is 15.1 Å². The Kier molecular flexibility index (Phi) is 5.05. The molecule has 112 valence electrons. The van der Waals surface area contributed by atoms with Crippen LogP contribution in [-0.2, 0) is 11.3 Å². The second kappa shape index (κ2) is 6.99. The van der Waals surface area contributed by atoms with Gasteiger partial charge in [0.2, 0.25) is 0 Å². The lowest BCUT2D eigenvalue weighted by Gasteiger charge is -2.10. The predicted molar refractivity (Wildman–Crippen MR) is 80.5 cm³/mol. The van der Waals surface area contributed by atoms with E-state index in [2.05, 4.69) is 10.4 Å². The second-order valence-corrected chi connectivity index (χ2v) is 4.67. The Labute approximate surface area is 122 Å². The zero-order valence-electron chi connectivity index (χ0n) is 12.3. The molecule has 0 aliphatic carbocycles. The van der Waals surface area contributed by atoms with Crippen molar-refractivity contribution in [2.45, 2.75) is 19.9 Å². The van der Waals surface area contributed by atoms with Gasteiger partial charge in [-0.25, -0.2) is 4.68 Å². The molecule has 2 rings (SSSR count). The van der Waals surface area contributed by atoms with Crippen molar-refractivity contribution in [2.75, 3.05) is 20.3 Å². The smallest absolute Gasteiger partial charge is 0.274 e. The largest absolute Gasteiger partial charge is 0.383 e. The third kappa shape index (κ3) is 3.28. The highest BCUT2D eigenvalue weighted by Crippen LogP contribution is 2.13. The summed E-state index contributed by atoms with van der Waals surface area (Å²) < 4.78 is 6.26. The van der Waals surface area contributed by atoms with Gasteiger partial charge in [-0.15, -0.1) is 0 Å². The zero-order chi connectivity index (χ0) is 15.2. The van der Waals surface area contributed by atoms with Crippen LogP contribution in [0.2, 0.25) is 0 Å². The Bertz CT molecular complexity index is 694. The molecule has 1 N–H and O–H groups in total. The van der Waals surface area contributed by atoms with Crippen LogP contribution in [0.1, 0.15) is 23.8 Å². The molecule has 0 unspecified atom stereocenters. The first-order valence-corrected chi connectivity index (χ1v) is 6.96. The maximum Gasteiger partial charge on any atom is 0.274 e. The molecule has 1 aromatic heterocycles. The molecule has 6 nitrogen and oxygen atoms in total. The second-order valence-electron chi connectivity index (χ2n) is 4.67. The first kappa shape index (κ1) is 15.2. The summed E-state index contributed by atoms with van der Waals surface area (Å²) in [5, 5.41) is 8.04. The minimum atomic E-state index is -0.298. The van der Waals surface area contributed by atoms with Crippen LogP contribution in [0.4, 0.5) is 0 Å². The van der Waals surface area contributed by atoms with Gasteiger partial charge in [0.1, 0.15) is 0 Å². The minimum absolute atomic E-state index is 0.166. The van der Waals surface area contributed by atoms with Crippen LogP contribution in [0.5, 0.6) is 0 Å². The monoisotopic (exact) mass is 289 g/mol. The fourth-order valence-electron chi connectivity index (χ4n) is 2.12. The lowest BCUT2D eigenvalue weighted by atomic mass is 10.1. The summed E-state index contributed by atoms with van der Waals surface area (Å²) >= 11 is 0. The van der Waals surface area contributed by atoms with E-state index in [4.69, 9.17) is 4.74 Å². The molecule has 0 saturated carbocycles. The Morgan fingerprint density at radius 3 is 2.71 bits per heavy atom. The molecular formula is C15H19N3O3. The van der Waals surface area contributed by atoms with Gasteiger partial charge in [-0.1, -0.05) is 25.1 Å². The van der Waals surface area contributed by atoms with Crippen LogP contribution in [0.3, 0.4) is 0 Å². The molecule has 1 aromatic carbocycles. The lowest BCUT2D eigenvalue weighted by Crippen LogP contribution is -2.32. The number of methoxy groups -OCH3 is 1. The van der Waals surface area contributed by atoms with E-state index in [0.29, 0.717) is 30.5 Å². The normalized spacial score (nSPS) is 10.8. The van der Waals surface area contributed by atoms with Gasteiger partial charge in [0.25, 0.3) is 11.5 Å². The van der Waals surface area contributed by atoms with Crippen molar-refractivity contribution in [1.29, 1.82) is 0 Å². The van der Waals surface area contributed by atoms with Crippen LogP contribution in [0.25, 0.3) is 10.8 Å². The van der Waals surface area contributed by atoms with E-state index in [0.717, 1.165) is 6.42 Å². The van der Waals surface area contributed by atoms with Gasteiger partial charge < -0.3 is 10.1 Å². The number of hydrogen-bond donors (Lipinski definition) is 1. The van der Waals surface area contributed by atoms with E-state index in [-0.39, 0.29) is 17.2 Å². The van der Waals surface area contributed by atoms with Crippen molar-refractivity contribution < 1.29 is 9.53 Å². The number of nitrogens with zero attached hydrogens (tertiary/aromatic N) is 2. The number of benzene rings is 1. The molecule has 0 aliphatic rings. The molecule has 21 heavy (non-hydrogen) atoms. The number of nitrogens with one attached hydrogen (secondary N) is 1. The molecular weight excluding hydrogens is 270 g/mol. The summed E-state index contributed by atoms with van der Waals surface area (Å²) in [6.45, 7) is 3.28. The highest BCUT2D eigenvalue weighted by atomic mass is 16.5. The number of aromatic nitrogens is 2. The van der Waals surface area contributed by atoms with Crippen molar-refractivity contribution in [3.8, 4) is 0 Å². The zero-order valence-corrected chi connectivity index (χ0v) is 12.3. The maximum absolute atomic E-state index is 12.3. The van der Waals surface area contributed by atoms with Crippen molar-refractivity contribution in [2.24, 2.45) is 0 Å². The predicted octanol–water partition coefficient (Wildman–Crippen LogP) is 1.18. The number of ether oxygens (including phenoxy) is 1. The number of aryl methyl sites for hydroxylation is 1. The molecule has 1 heterocycles. The highest BCUT2D eigenvalue weighted by Gasteiger charge is 2.15. The van der Waals surface area contributed by atoms with E-state index in [1.54, 1.807) is 31.4 Å². The van der Waals surface area contributed by atoms with Crippen LogP contribution in [-0.4, -0.2) is 35.9 Å². The Morgan fingerprint density at radius 1 is 1.33 bits per heavy atom. The van der Waals surface area contributed by atoms with Gasteiger partial charge in [0.15, 0.2) is 5.69 Å². The molecule has 0 bridgehead atoms. The van der Waals surface area contributed by atoms with Crippen molar-refractivity contribution in [3.63, 3.8) is 0 Å². The fourth-order valence-corrected chi connectivity index (χ4v) is 2.12. The summed E-state index contributed by atoms with van der Waals surface area (Å²) in [6, 6.07) is 7.04. The summed E-state index contributed by atoms with van der Waals surface area (Å²) in [5.41, 5.74) is 0.107. The number of rotatable bonds is 6. The third-order valence-corrected chi connectivity index (χ3v) is 3.11. The minimum Gasteiger partial charge on any atom is -0.383 e. The number of amides is 1. The van der Waals surface area contributed by atoms with Gasteiger partial charge in [-0.3, -0.25) is 9.59 Å². The Hall–Kier alpha value is -2.21. The number of fused-ring (bicyclic) bond motifs is 1. The summed E-state index contributed by atoms with van der Waals surface area (Å²) in [7, 11) is 1.57. The average Bonchev–Trinajstić information content (AvgIpc) is 2.50. The Balaban J connectivity index is 2.48. The Morgan fingerprint density at radius 2 is 2.05 bits per heavy atom. The van der Waals surface area contributed by atoms with Crippen LogP contribution in [0, 0.1) is 0 Å². The van der Waals surface area contributed by atoms with Gasteiger partial charge in [-0.05, 0) is 12.5 Å². The molecule has 6 heteroatoms. The number of carbonyl (C=O) groups is 1. The van der Waals surface area contributed by atoms with Gasteiger partial charge in [0.05, 0.1) is 12.0 Å². The molecule has 0 saturated heterocycles. The summed E-state index contributed by atoms with van der Waals surface area (Å²) in [5.74, 6) is -0.298. The van der Waals surface area contributed by atoms with Gasteiger partial charge in [-0.2, -0.15) is 5.10 Å². The lowest BCUT2D eigenvalue weighted by molar-refractivity contribution is 0.0931. The third-order valence-electron chi connectivity index (χ3n) is 3.11. The summed E-state index contributed by atoms with van der Waals surface area (Å²) in [6.07, 6.45) is 0.774. The SMILES string of the molecule is CCCn1nc(C(=O)NCCOC)c2ccccc2c1=O. The molecule has 0 aliphatic heterocycles. The van der Waals surface area contributed by atoms with E-state index in [9.17, 15) is 9.59 Å². The van der Waals surface area contributed by atoms with E-state index in [1.807, 2.05) is 6.92 Å². The number of hydrogen-bond acceptors (Lipinski definition) is 4. The first-order valence-electron chi connectivity index (χ1n) is 6.96. The van der Waals surface area contributed by atoms with E-state index in [1.165, 1.54) is 4.68 Å². The van der Waals surface area contributed by atoms with Gasteiger partial charge in [0, 0.05) is 25.6 Å². The molecule has 2 aromatic rings. The maximum atomic E-state index is 12.3. The quantitative estimate of drug-likeness (QED) is 0.811.